The molecule has 1 amide bonds. The number of ether oxygens (including phenoxy) is 2. The second-order valence-corrected chi connectivity index (χ2v) is 7.54. The average Bonchev–Trinajstić information content (AvgIpc) is 2.87. The van der Waals surface area contributed by atoms with Gasteiger partial charge < -0.3 is 15.2 Å². The first kappa shape index (κ1) is 25.1. The molecule has 1 aromatic carbocycles. The number of hydrazine groups is 1. The number of amides is 1. The lowest BCUT2D eigenvalue weighted by atomic mass is 9.98. The molecule has 35 heavy (non-hydrogen) atoms. The van der Waals surface area contributed by atoms with E-state index in [0.29, 0.717) is 28.1 Å². The number of allylic oxidation sites excluding steroid dienone is 4. The number of pyridine rings is 1. The summed E-state index contributed by atoms with van der Waals surface area (Å²) in [5.41, 5.74) is 10.8. The fourth-order valence-electron chi connectivity index (χ4n) is 3.08. The van der Waals surface area contributed by atoms with Crippen LogP contribution < -0.4 is 27.2 Å². The molecule has 10 nitrogen and oxygen atoms in total. The van der Waals surface area contributed by atoms with Crippen molar-refractivity contribution in [2.75, 3.05) is 0 Å². The van der Waals surface area contributed by atoms with Gasteiger partial charge in [0.25, 0.3) is 5.91 Å². The Morgan fingerprint density at radius 1 is 1.40 bits per heavy atom. The van der Waals surface area contributed by atoms with Gasteiger partial charge in [-0.3, -0.25) is 10.1 Å². The number of carbonyl (C=O) groups excluding carboxylic acids is 1. The number of nitrogens with one attached hydrogen (secondary N) is 2. The number of nitriles is 1. The van der Waals surface area contributed by atoms with Crippen LogP contribution >= 0.6 is 12.6 Å². The van der Waals surface area contributed by atoms with Crippen LogP contribution in [0.3, 0.4) is 0 Å². The molecule has 0 fully saturated rings. The van der Waals surface area contributed by atoms with E-state index in [2.05, 4.69) is 40.7 Å². The summed E-state index contributed by atoms with van der Waals surface area (Å²) in [4.78, 5) is 17.2. The molecule has 178 valence electrons. The fraction of sp³-hybridized carbons (Fsp3) is 0.0833. The molecule has 1 aliphatic rings. The van der Waals surface area contributed by atoms with Crippen LogP contribution in [0, 0.1) is 11.3 Å². The highest BCUT2D eigenvalue weighted by atomic mass is 32.1. The van der Waals surface area contributed by atoms with E-state index in [4.69, 9.17) is 21.1 Å². The zero-order valence-electron chi connectivity index (χ0n) is 18.6. The van der Waals surface area contributed by atoms with E-state index in [1.54, 1.807) is 55.0 Å². The summed E-state index contributed by atoms with van der Waals surface area (Å²) in [5.74, 6) is 4.56. The van der Waals surface area contributed by atoms with Crippen molar-refractivity contribution in [3.8, 4) is 11.9 Å². The minimum absolute atomic E-state index is 0.107. The van der Waals surface area contributed by atoms with E-state index < -0.39 is 5.91 Å². The average molecular weight is 490 g/mol. The van der Waals surface area contributed by atoms with Crippen molar-refractivity contribution in [3.63, 3.8) is 0 Å². The maximum atomic E-state index is 12.2. The first-order valence-corrected chi connectivity index (χ1v) is 10.7. The Hall–Kier alpha value is -4.53. The number of hydrazone groups is 1. The van der Waals surface area contributed by atoms with Gasteiger partial charge in [-0.15, -0.1) is 17.7 Å². The smallest absolute Gasteiger partial charge is 0.257 e. The van der Waals surface area contributed by atoms with E-state index >= 15 is 0 Å². The molecular formula is C24H23N7O3S. The van der Waals surface area contributed by atoms with Crippen LogP contribution in [0.2, 0.25) is 0 Å². The van der Waals surface area contributed by atoms with Crippen LogP contribution in [-0.4, -0.2) is 16.9 Å². The fourth-order valence-corrected chi connectivity index (χ4v) is 3.30. The zero-order chi connectivity index (χ0) is 25.2. The molecule has 0 saturated heterocycles. The first-order valence-electron chi connectivity index (χ1n) is 10.3. The van der Waals surface area contributed by atoms with Gasteiger partial charge in [0.05, 0.1) is 18.2 Å². The Morgan fingerprint density at radius 2 is 2.17 bits per heavy atom. The van der Waals surface area contributed by atoms with Crippen LogP contribution in [0.25, 0.3) is 10.5 Å². The van der Waals surface area contributed by atoms with Crippen LogP contribution in [0.4, 0.5) is 0 Å². The predicted octanol–water partition coefficient (Wildman–Crippen LogP) is 2.69. The molecule has 2 heterocycles. The lowest BCUT2D eigenvalue weighted by molar-refractivity contribution is 0.0976. The number of nitrogens with zero attached hydrogens (tertiary/aromatic N) is 3. The number of benzene rings is 1. The van der Waals surface area contributed by atoms with Gasteiger partial charge in [0.2, 0.25) is 11.8 Å². The third-order valence-corrected chi connectivity index (χ3v) is 5.10. The third kappa shape index (κ3) is 6.50. The molecule has 6 N–H and O–H groups in total. The van der Waals surface area contributed by atoms with Gasteiger partial charge in [-0.1, -0.05) is 24.8 Å². The van der Waals surface area contributed by atoms with E-state index in [1.807, 2.05) is 11.6 Å². The molecule has 0 radical (unpaired) electrons. The number of nitrogens with two attached hydrogens (primary N) is 2. The van der Waals surface area contributed by atoms with Crippen molar-refractivity contribution < 1.29 is 14.3 Å². The highest BCUT2D eigenvalue weighted by Crippen LogP contribution is 2.33. The Labute approximate surface area is 207 Å². The molecule has 1 aromatic heterocycles. The Kier molecular flexibility index (Phi) is 8.66. The number of thiol groups is 1. The second-order valence-electron chi connectivity index (χ2n) is 7.06. The molecule has 11 heteroatoms. The molecule has 0 aliphatic carbocycles. The summed E-state index contributed by atoms with van der Waals surface area (Å²) < 4.78 is 11.2. The molecule has 1 aliphatic heterocycles. The number of aromatic nitrogens is 1. The normalized spacial score (nSPS) is 13.2. The van der Waals surface area contributed by atoms with Crippen molar-refractivity contribution in [1.29, 1.82) is 5.26 Å². The summed E-state index contributed by atoms with van der Waals surface area (Å²) >= 11 is 4.48. The van der Waals surface area contributed by atoms with Gasteiger partial charge in [0.1, 0.15) is 18.2 Å². The van der Waals surface area contributed by atoms with Crippen molar-refractivity contribution >= 4 is 35.0 Å². The molecule has 2 aromatic rings. The van der Waals surface area contributed by atoms with Crippen LogP contribution in [0.15, 0.2) is 72.8 Å². The van der Waals surface area contributed by atoms with Crippen LogP contribution in [0.5, 0.6) is 5.88 Å². The summed E-state index contributed by atoms with van der Waals surface area (Å²) in [6, 6.07) is 10.6. The number of carbonyl (C=O) groups is 1. The number of hydrogen-bond acceptors (Lipinski definition) is 9. The van der Waals surface area contributed by atoms with Gasteiger partial charge in [-0.2, -0.15) is 5.26 Å². The lowest BCUT2D eigenvalue weighted by Crippen LogP contribution is -2.39. The minimum Gasteiger partial charge on any atom is -0.473 e. The van der Waals surface area contributed by atoms with Gasteiger partial charge in [0, 0.05) is 16.0 Å². The van der Waals surface area contributed by atoms with Crippen molar-refractivity contribution in [3.05, 3.63) is 95.6 Å². The number of hydrogen-bond donors (Lipinski definition) is 5. The van der Waals surface area contributed by atoms with E-state index in [0.717, 1.165) is 11.1 Å². The molecule has 0 atom stereocenters. The SMILES string of the molecule is C=C/C=C(\S)c1cc(C2=COC=CC2)c(C#N)c(OCc2ccc(C(=O)N/C(N)=N/NN)cc2)n1. The van der Waals surface area contributed by atoms with E-state index in [9.17, 15) is 10.1 Å². The molecule has 0 unspecified atom stereocenters. The molecule has 0 bridgehead atoms. The Morgan fingerprint density at radius 3 is 2.80 bits per heavy atom. The first-order chi connectivity index (χ1) is 17.0. The summed E-state index contributed by atoms with van der Waals surface area (Å²) in [6.07, 6.45) is 8.90. The van der Waals surface area contributed by atoms with Gasteiger partial charge in [-0.05, 0) is 47.9 Å². The molecular weight excluding hydrogens is 466 g/mol. The molecule has 0 saturated carbocycles. The van der Waals surface area contributed by atoms with Gasteiger partial charge in [0.15, 0.2) is 0 Å². The summed E-state index contributed by atoms with van der Waals surface area (Å²) in [5, 5.41) is 15.7. The monoisotopic (exact) mass is 489 g/mol. The highest BCUT2D eigenvalue weighted by molar-refractivity contribution is 7.90. The maximum absolute atomic E-state index is 12.2. The standard InChI is InChI=1S/C24H23N7O3S/c1-2-4-21(35)20-11-18(17-5-3-10-33-14-17)19(12-25)23(28-20)34-13-15-6-8-16(9-7-15)22(32)29-24(26)30-31-27/h2-4,6-11,14,31,35H,1,5,13,27H2,(H3,26,29,30,32)/b21-4-. The maximum Gasteiger partial charge on any atom is 0.257 e. The van der Waals surface area contributed by atoms with Crippen molar-refractivity contribution in [2.24, 2.45) is 16.7 Å². The molecule has 3 rings (SSSR count). The highest BCUT2D eigenvalue weighted by Gasteiger charge is 2.19. The molecule has 0 spiro atoms. The number of guanidine groups is 1. The van der Waals surface area contributed by atoms with Gasteiger partial charge >= 0.3 is 0 Å². The Balaban J connectivity index is 1.86. The third-order valence-electron chi connectivity index (χ3n) is 4.72. The minimum atomic E-state index is -0.452. The topological polar surface area (TPSA) is 161 Å². The van der Waals surface area contributed by atoms with E-state index in [-0.39, 0.29) is 24.0 Å². The van der Waals surface area contributed by atoms with Crippen molar-refractivity contribution in [2.45, 2.75) is 13.0 Å². The largest absolute Gasteiger partial charge is 0.473 e. The lowest BCUT2D eigenvalue weighted by Gasteiger charge is -2.16. The van der Waals surface area contributed by atoms with Crippen LogP contribution in [-0.2, 0) is 11.3 Å². The summed E-state index contributed by atoms with van der Waals surface area (Å²) in [6.45, 7) is 3.79. The second kappa shape index (κ2) is 12.1. The van der Waals surface area contributed by atoms with E-state index in [1.165, 1.54) is 0 Å². The predicted molar refractivity (Wildman–Crippen MR) is 136 cm³/mol. The van der Waals surface area contributed by atoms with Crippen molar-refractivity contribution in [1.82, 2.24) is 15.8 Å². The van der Waals surface area contributed by atoms with Gasteiger partial charge in [-0.25, -0.2) is 16.4 Å². The quantitative estimate of drug-likeness (QED) is 0.0944. The number of rotatable bonds is 8. The van der Waals surface area contributed by atoms with Crippen LogP contribution in [0.1, 0.15) is 39.2 Å². The Bertz CT molecular complexity index is 1280. The zero-order valence-corrected chi connectivity index (χ0v) is 19.5. The summed E-state index contributed by atoms with van der Waals surface area (Å²) in [7, 11) is 0.